The van der Waals surface area contributed by atoms with Gasteiger partial charge in [0.25, 0.3) is 5.91 Å². The van der Waals surface area contributed by atoms with Gasteiger partial charge in [0.15, 0.2) is 0 Å². The molecule has 0 unspecified atom stereocenters. The van der Waals surface area contributed by atoms with Gasteiger partial charge >= 0.3 is 0 Å². The zero-order chi connectivity index (χ0) is 24.1. The Bertz CT molecular complexity index is 1230. The van der Waals surface area contributed by atoms with Gasteiger partial charge in [-0.2, -0.15) is 4.98 Å². The van der Waals surface area contributed by atoms with E-state index in [-0.39, 0.29) is 11.3 Å². The Morgan fingerprint density at radius 1 is 1.00 bits per heavy atom. The highest BCUT2D eigenvalue weighted by molar-refractivity contribution is 6.30. The number of amides is 1. The summed E-state index contributed by atoms with van der Waals surface area (Å²) in [5.41, 5.74) is 2.02. The first-order valence-corrected chi connectivity index (χ1v) is 11.3. The van der Waals surface area contributed by atoms with Crippen LogP contribution in [0.25, 0.3) is 11.4 Å². The van der Waals surface area contributed by atoms with Crippen LogP contribution < -0.4 is 10.1 Å². The molecule has 0 radical (unpaired) electrons. The summed E-state index contributed by atoms with van der Waals surface area (Å²) in [5, 5.41) is 7.83. The van der Waals surface area contributed by atoms with Crippen molar-refractivity contribution in [2.75, 3.05) is 0 Å². The SMILES string of the molecule is CC(C)(C)[C@H](NC(=O)c1ccc(OCc2ccc(Cl)cc2)cc1)c1nc(-c2ccccc2)no1. The molecule has 1 amide bonds. The Kier molecular flexibility index (Phi) is 6.98. The molecule has 0 bridgehead atoms. The largest absolute Gasteiger partial charge is 0.489 e. The Morgan fingerprint density at radius 3 is 2.32 bits per heavy atom. The zero-order valence-electron chi connectivity index (χ0n) is 19.3. The summed E-state index contributed by atoms with van der Waals surface area (Å²) in [5.74, 6) is 1.29. The van der Waals surface area contributed by atoms with Crippen LogP contribution in [0.15, 0.2) is 83.4 Å². The van der Waals surface area contributed by atoms with Crippen molar-refractivity contribution in [2.24, 2.45) is 5.41 Å². The number of hydrogen-bond acceptors (Lipinski definition) is 5. The second-order valence-corrected chi connectivity index (χ2v) is 9.47. The fourth-order valence-electron chi connectivity index (χ4n) is 3.37. The molecule has 0 aliphatic heterocycles. The average molecular weight is 476 g/mol. The van der Waals surface area contributed by atoms with E-state index < -0.39 is 6.04 Å². The van der Waals surface area contributed by atoms with Gasteiger partial charge in [0.05, 0.1) is 0 Å². The topological polar surface area (TPSA) is 77.2 Å². The third kappa shape index (κ3) is 5.83. The molecular weight excluding hydrogens is 450 g/mol. The molecule has 7 heteroatoms. The van der Waals surface area contributed by atoms with Gasteiger partial charge < -0.3 is 14.6 Å². The van der Waals surface area contributed by atoms with E-state index in [4.69, 9.17) is 20.9 Å². The summed E-state index contributed by atoms with van der Waals surface area (Å²) in [6.07, 6.45) is 0. The zero-order valence-corrected chi connectivity index (χ0v) is 20.0. The van der Waals surface area contributed by atoms with Crippen molar-refractivity contribution in [3.8, 4) is 17.1 Å². The Morgan fingerprint density at radius 2 is 1.68 bits per heavy atom. The summed E-state index contributed by atoms with van der Waals surface area (Å²) >= 11 is 5.92. The van der Waals surface area contributed by atoms with E-state index in [0.29, 0.717) is 34.7 Å². The van der Waals surface area contributed by atoms with Gasteiger partial charge in [-0.05, 0) is 47.4 Å². The molecule has 6 nitrogen and oxygen atoms in total. The van der Waals surface area contributed by atoms with E-state index >= 15 is 0 Å². The van der Waals surface area contributed by atoms with Crippen LogP contribution in [0.3, 0.4) is 0 Å². The van der Waals surface area contributed by atoms with E-state index in [0.717, 1.165) is 11.1 Å². The smallest absolute Gasteiger partial charge is 0.251 e. The van der Waals surface area contributed by atoms with E-state index in [1.807, 2.05) is 75.4 Å². The number of nitrogens with one attached hydrogen (secondary N) is 1. The van der Waals surface area contributed by atoms with Crippen LogP contribution in [0.5, 0.6) is 5.75 Å². The second kappa shape index (κ2) is 10.1. The third-order valence-electron chi connectivity index (χ3n) is 5.30. The number of carbonyl (C=O) groups is 1. The summed E-state index contributed by atoms with van der Waals surface area (Å²) < 4.78 is 11.3. The molecule has 34 heavy (non-hydrogen) atoms. The molecule has 1 aromatic heterocycles. The first-order chi connectivity index (χ1) is 16.3. The summed E-state index contributed by atoms with van der Waals surface area (Å²) in [7, 11) is 0. The minimum atomic E-state index is -0.467. The van der Waals surface area contributed by atoms with Crippen LogP contribution >= 0.6 is 11.6 Å². The molecule has 174 valence electrons. The quantitative estimate of drug-likeness (QED) is 0.330. The van der Waals surface area contributed by atoms with Crippen LogP contribution in [0.4, 0.5) is 0 Å². The number of carbonyl (C=O) groups excluding carboxylic acids is 1. The van der Waals surface area contributed by atoms with Gasteiger partial charge in [-0.15, -0.1) is 0 Å². The fourth-order valence-corrected chi connectivity index (χ4v) is 3.50. The Hall–Kier alpha value is -3.64. The molecule has 0 saturated heterocycles. The molecule has 4 rings (SSSR count). The van der Waals surface area contributed by atoms with E-state index in [1.54, 1.807) is 24.3 Å². The van der Waals surface area contributed by atoms with E-state index in [1.165, 1.54) is 0 Å². The highest BCUT2D eigenvalue weighted by Crippen LogP contribution is 2.33. The molecule has 0 fully saturated rings. The monoisotopic (exact) mass is 475 g/mol. The number of halogens is 1. The number of rotatable bonds is 7. The number of nitrogens with zero attached hydrogens (tertiary/aromatic N) is 2. The average Bonchev–Trinajstić information content (AvgIpc) is 3.32. The number of aromatic nitrogens is 2. The molecule has 0 saturated carbocycles. The minimum Gasteiger partial charge on any atom is -0.489 e. The lowest BCUT2D eigenvalue weighted by Gasteiger charge is -2.28. The predicted molar refractivity (Wildman–Crippen MR) is 132 cm³/mol. The van der Waals surface area contributed by atoms with Crippen molar-refractivity contribution in [2.45, 2.75) is 33.4 Å². The molecule has 1 heterocycles. The first-order valence-electron chi connectivity index (χ1n) is 11.0. The molecule has 1 atom stereocenters. The summed E-state index contributed by atoms with van der Waals surface area (Å²) in [4.78, 5) is 17.6. The lowest BCUT2D eigenvalue weighted by Crippen LogP contribution is -2.36. The third-order valence-corrected chi connectivity index (χ3v) is 5.55. The number of ether oxygens (including phenoxy) is 1. The maximum absolute atomic E-state index is 13.0. The van der Waals surface area contributed by atoms with Crippen LogP contribution in [0, 0.1) is 5.41 Å². The maximum atomic E-state index is 13.0. The van der Waals surface area contributed by atoms with Gasteiger partial charge in [0.2, 0.25) is 11.7 Å². The van der Waals surface area contributed by atoms with Crippen LogP contribution in [-0.2, 0) is 6.61 Å². The van der Waals surface area contributed by atoms with Crippen LogP contribution in [-0.4, -0.2) is 16.0 Å². The predicted octanol–water partition coefficient (Wildman–Crippen LogP) is 6.49. The Balaban J connectivity index is 1.44. The molecule has 0 spiro atoms. The molecule has 1 N–H and O–H groups in total. The van der Waals surface area contributed by atoms with Gasteiger partial charge in [-0.25, -0.2) is 0 Å². The fraction of sp³-hybridized carbons (Fsp3) is 0.222. The lowest BCUT2D eigenvalue weighted by molar-refractivity contribution is 0.0880. The minimum absolute atomic E-state index is 0.233. The first kappa shape index (κ1) is 23.5. The van der Waals surface area contributed by atoms with Crippen molar-refractivity contribution in [3.63, 3.8) is 0 Å². The molecular formula is C27H26ClN3O3. The molecule has 0 aliphatic carbocycles. The van der Waals surface area contributed by atoms with Crippen LogP contribution in [0.1, 0.15) is 48.6 Å². The normalized spacial score (nSPS) is 12.2. The standard InChI is InChI=1S/C27H26ClN3O3/c1-27(2,3)23(26-30-24(31-34-26)19-7-5-4-6-8-19)29-25(32)20-11-15-22(16-12-20)33-17-18-9-13-21(28)14-10-18/h4-16,23H,17H2,1-3H3,(H,29,32)/t23-/m1/s1. The summed E-state index contributed by atoms with van der Waals surface area (Å²) in [6.45, 7) is 6.45. The van der Waals surface area contributed by atoms with Gasteiger partial charge in [0, 0.05) is 16.1 Å². The van der Waals surface area contributed by atoms with E-state index in [2.05, 4.69) is 15.5 Å². The maximum Gasteiger partial charge on any atom is 0.251 e. The van der Waals surface area contributed by atoms with Gasteiger partial charge in [-0.3, -0.25) is 4.79 Å². The number of hydrogen-bond donors (Lipinski definition) is 1. The van der Waals surface area contributed by atoms with Crippen molar-refractivity contribution in [1.29, 1.82) is 0 Å². The van der Waals surface area contributed by atoms with Gasteiger partial charge in [-0.1, -0.05) is 80.0 Å². The highest BCUT2D eigenvalue weighted by Gasteiger charge is 2.33. The van der Waals surface area contributed by atoms with Crippen molar-refractivity contribution in [3.05, 3.63) is 101 Å². The van der Waals surface area contributed by atoms with Crippen LogP contribution in [0.2, 0.25) is 5.02 Å². The molecule has 0 aliphatic rings. The van der Waals surface area contributed by atoms with Crippen molar-refractivity contribution < 1.29 is 14.1 Å². The highest BCUT2D eigenvalue weighted by atomic mass is 35.5. The van der Waals surface area contributed by atoms with E-state index in [9.17, 15) is 4.79 Å². The van der Waals surface area contributed by atoms with Crippen molar-refractivity contribution in [1.82, 2.24) is 15.5 Å². The molecule has 3 aromatic carbocycles. The number of benzene rings is 3. The van der Waals surface area contributed by atoms with Gasteiger partial charge in [0.1, 0.15) is 18.4 Å². The lowest BCUT2D eigenvalue weighted by atomic mass is 9.86. The summed E-state index contributed by atoms with van der Waals surface area (Å²) in [6, 6.07) is 23.6. The molecule has 4 aromatic rings. The van der Waals surface area contributed by atoms with Crippen molar-refractivity contribution >= 4 is 17.5 Å². The Labute approximate surface area is 203 Å². The second-order valence-electron chi connectivity index (χ2n) is 9.03.